The van der Waals surface area contributed by atoms with Crippen LogP contribution in [0.2, 0.25) is 0 Å². The molecule has 0 saturated carbocycles. The molecule has 0 aromatic carbocycles. The average Bonchev–Trinajstić information content (AvgIpc) is 2.68. The number of likely N-dealkylation sites (N-methyl/N-ethyl adjacent to an activating group) is 1. The standard InChI is InChI=1S/C11H24N2S/c1-12(6-4-5-11-14)9-10-13-7-2-3-8-13/h14H,2-11H2,1H3. The number of nitrogens with zero attached hydrogens (tertiary/aromatic N) is 2. The van der Waals surface area contributed by atoms with Crippen molar-refractivity contribution in [2.45, 2.75) is 25.7 Å². The Morgan fingerprint density at radius 1 is 1.14 bits per heavy atom. The third-order valence-corrected chi connectivity index (χ3v) is 3.26. The largest absolute Gasteiger partial charge is 0.305 e. The minimum atomic E-state index is 1.03. The third kappa shape index (κ3) is 5.23. The van der Waals surface area contributed by atoms with Gasteiger partial charge in [0, 0.05) is 13.1 Å². The summed E-state index contributed by atoms with van der Waals surface area (Å²) >= 11 is 4.22. The summed E-state index contributed by atoms with van der Waals surface area (Å²) in [5.41, 5.74) is 0. The maximum Gasteiger partial charge on any atom is 0.0109 e. The van der Waals surface area contributed by atoms with Crippen molar-refractivity contribution in [3.8, 4) is 0 Å². The summed E-state index contributed by atoms with van der Waals surface area (Å²) in [6.45, 7) is 6.37. The molecular formula is C11H24N2S. The van der Waals surface area contributed by atoms with Crippen LogP contribution >= 0.6 is 12.6 Å². The van der Waals surface area contributed by atoms with E-state index in [-0.39, 0.29) is 0 Å². The van der Waals surface area contributed by atoms with Gasteiger partial charge in [-0.1, -0.05) is 0 Å². The molecule has 2 nitrogen and oxygen atoms in total. The van der Waals surface area contributed by atoms with Crippen LogP contribution in [0.15, 0.2) is 0 Å². The number of likely N-dealkylation sites (tertiary alicyclic amines) is 1. The number of hydrogen-bond donors (Lipinski definition) is 1. The van der Waals surface area contributed by atoms with Crippen molar-refractivity contribution < 1.29 is 0 Å². The van der Waals surface area contributed by atoms with Crippen molar-refractivity contribution in [2.75, 3.05) is 45.5 Å². The average molecular weight is 216 g/mol. The lowest BCUT2D eigenvalue weighted by Crippen LogP contribution is -2.31. The van der Waals surface area contributed by atoms with E-state index in [0.717, 1.165) is 5.75 Å². The summed E-state index contributed by atoms with van der Waals surface area (Å²) in [5, 5.41) is 0. The van der Waals surface area contributed by atoms with E-state index in [2.05, 4.69) is 29.5 Å². The van der Waals surface area contributed by atoms with E-state index in [4.69, 9.17) is 0 Å². The molecule has 0 spiro atoms. The smallest absolute Gasteiger partial charge is 0.0109 e. The van der Waals surface area contributed by atoms with Gasteiger partial charge in [0.15, 0.2) is 0 Å². The first kappa shape index (κ1) is 12.3. The van der Waals surface area contributed by atoms with E-state index in [1.165, 1.54) is 58.4 Å². The first-order valence-electron chi connectivity index (χ1n) is 5.84. The molecule has 0 amide bonds. The molecule has 1 saturated heterocycles. The van der Waals surface area contributed by atoms with Crippen molar-refractivity contribution in [3.05, 3.63) is 0 Å². The van der Waals surface area contributed by atoms with E-state index >= 15 is 0 Å². The fourth-order valence-corrected chi connectivity index (χ4v) is 2.15. The molecule has 0 N–H and O–H groups in total. The predicted octanol–water partition coefficient (Wildman–Crippen LogP) is 1.72. The second kappa shape index (κ2) is 7.55. The number of unbranched alkanes of at least 4 members (excludes halogenated alkanes) is 1. The van der Waals surface area contributed by atoms with Crippen molar-refractivity contribution in [3.63, 3.8) is 0 Å². The quantitative estimate of drug-likeness (QED) is 0.511. The Hall–Kier alpha value is 0.270. The highest BCUT2D eigenvalue weighted by molar-refractivity contribution is 7.80. The maximum absolute atomic E-state index is 4.22. The number of rotatable bonds is 7. The molecule has 0 aromatic rings. The molecule has 0 unspecified atom stereocenters. The van der Waals surface area contributed by atoms with Crippen LogP contribution in [-0.2, 0) is 0 Å². The normalized spacial score (nSPS) is 18.2. The molecular weight excluding hydrogens is 192 g/mol. The zero-order valence-corrected chi connectivity index (χ0v) is 10.3. The van der Waals surface area contributed by atoms with Crippen LogP contribution < -0.4 is 0 Å². The van der Waals surface area contributed by atoms with Crippen LogP contribution in [0.4, 0.5) is 0 Å². The van der Waals surface area contributed by atoms with Gasteiger partial charge in [-0.3, -0.25) is 0 Å². The van der Waals surface area contributed by atoms with Crippen molar-refractivity contribution >= 4 is 12.6 Å². The fraction of sp³-hybridized carbons (Fsp3) is 1.00. The first-order chi connectivity index (χ1) is 6.83. The monoisotopic (exact) mass is 216 g/mol. The number of hydrogen-bond acceptors (Lipinski definition) is 3. The lowest BCUT2D eigenvalue weighted by atomic mass is 10.3. The van der Waals surface area contributed by atoms with Crippen molar-refractivity contribution in [1.82, 2.24) is 9.80 Å². The highest BCUT2D eigenvalue weighted by atomic mass is 32.1. The van der Waals surface area contributed by atoms with Gasteiger partial charge >= 0.3 is 0 Å². The molecule has 0 bridgehead atoms. The van der Waals surface area contributed by atoms with E-state index in [1.807, 2.05) is 0 Å². The van der Waals surface area contributed by atoms with Gasteiger partial charge in [-0.15, -0.1) is 0 Å². The van der Waals surface area contributed by atoms with Crippen molar-refractivity contribution in [2.24, 2.45) is 0 Å². The van der Waals surface area contributed by atoms with Gasteiger partial charge in [-0.05, 0) is 58.1 Å². The molecule has 3 heteroatoms. The highest BCUT2D eigenvalue weighted by Gasteiger charge is 2.11. The van der Waals surface area contributed by atoms with Crippen LogP contribution in [0.3, 0.4) is 0 Å². The van der Waals surface area contributed by atoms with Gasteiger partial charge in [0.25, 0.3) is 0 Å². The van der Waals surface area contributed by atoms with Crippen LogP contribution in [-0.4, -0.2) is 55.3 Å². The Morgan fingerprint density at radius 3 is 2.50 bits per heavy atom. The summed E-state index contributed by atoms with van der Waals surface area (Å²) in [6.07, 6.45) is 5.35. The summed E-state index contributed by atoms with van der Waals surface area (Å²) < 4.78 is 0. The molecule has 1 heterocycles. The highest BCUT2D eigenvalue weighted by Crippen LogP contribution is 2.06. The van der Waals surface area contributed by atoms with Gasteiger partial charge < -0.3 is 9.80 Å². The Morgan fingerprint density at radius 2 is 1.86 bits per heavy atom. The fourth-order valence-electron chi connectivity index (χ4n) is 1.92. The second-order valence-electron chi connectivity index (χ2n) is 4.28. The van der Waals surface area contributed by atoms with Crippen LogP contribution in [0, 0.1) is 0 Å². The SMILES string of the molecule is CN(CCCCS)CCN1CCCC1. The predicted molar refractivity (Wildman–Crippen MR) is 66.3 cm³/mol. The van der Waals surface area contributed by atoms with E-state index in [9.17, 15) is 0 Å². The molecule has 1 rings (SSSR count). The Balaban J connectivity index is 1.93. The Bertz CT molecular complexity index is 135. The topological polar surface area (TPSA) is 6.48 Å². The zero-order valence-electron chi connectivity index (χ0n) is 9.41. The van der Waals surface area contributed by atoms with Gasteiger partial charge in [0.05, 0.1) is 0 Å². The van der Waals surface area contributed by atoms with Crippen molar-refractivity contribution in [1.29, 1.82) is 0 Å². The van der Waals surface area contributed by atoms with E-state index < -0.39 is 0 Å². The summed E-state index contributed by atoms with van der Waals surface area (Å²) in [4.78, 5) is 5.02. The molecule has 84 valence electrons. The Kier molecular flexibility index (Phi) is 6.65. The molecule has 1 aliphatic heterocycles. The minimum Gasteiger partial charge on any atom is -0.305 e. The van der Waals surface area contributed by atoms with Crippen LogP contribution in [0.1, 0.15) is 25.7 Å². The van der Waals surface area contributed by atoms with Crippen LogP contribution in [0.5, 0.6) is 0 Å². The van der Waals surface area contributed by atoms with Gasteiger partial charge in [-0.25, -0.2) is 0 Å². The van der Waals surface area contributed by atoms with E-state index in [0.29, 0.717) is 0 Å². The molecule has 0 radical (unpaired) electrons. The van der Waals surface area contributed by atoms with Gasteiger partial charge in [-0.2, -0.15) is 12.6 Å². The maximum atomic E-state index is 4.22. The second-order valence-corrected chi connectivity index (χ2v) is 4.73. The van der Waals surface area contributed by atoms with E-state index in [1.54, 1.807) is 0 Å². The summed E-state index contributed by atoms with van der Waals surface area (Å²) in [5.74, 6) is 1.03. The van der Waals surface area contributed by atoms with Crippen LogP contribution in [0.25, 0.3) is 0 Å². The first-order valence-corrected chi connectivity index (χ1v) is 6.48. The lowest BCUT2D eigenvalue weighted by Gasteiger charge is -2.21. The minimum absolute atomic E-state index is 1.03. The Labute approximate surface area is 94.1 Å². The molecule has 1 fully saturated rings. The zero-order chi connectivity index (χ0) is 10.2. The summed E-state index contributed by atoms with van der Waals surface area (Å²) in [7, 11) is 2.23. The molecule has 0 atom stereocenters. The molecule has 0 aliphatic carbocycles. The molecule has 14 heavy (non-hydrogen) atoms. The molecule has 0 aromatic heterocycles. The lowest BCUT2D eigenvalue weighted by molar-refractivity contribution is 0.255. The summed E-state index contributed by atoms with van der Waals surface area (Å²) in [6, 6.07) is 0. The number of thiol groups is 1. The molecule has 1 aliphatic rings. The van der Waals surface area contributed by atoms with Gasteiger partial charge in [0.2, 0.25) is 0 Å². The van der Waals surface area contributed by atoms with Gasteiger partial charge in [0.1, 0.15) is 0 Å². The third-order valence-electron chi connectivity index (χ3n) is 2.94.